The average Bonchev–Trinajstić information content (AvgIpc) is 2.37. The lowest BCUT2D eigenvalue weighted by molar-refractivity contribution is 0.158. The van der Waals surface area contributed by atoms with Crippen molar-refractivity contribution >= 4 is 11.4 Å². The Balaban J connectivity index is 1.77. The van der Waals surface area contributed by atoms with Crippen molar-refractivity contribution in [3.8, 4) is 0 Å². The maximum atomic E-state index is 13.2. The van der Waals surface area contributed by atoms with Crippen LogP contribution in [0.5, 0.6) is 0 Å². The van der Waals surface area contributed by atoms with Gasteiger partial charge in [0.05, 0.1) is 11.4 Å². The van der Waals surface area contributed by atoms with E-state index in [1.54, 1.807) is 6.07 Å². The number of hydrogen-bond acceptors (Lipinski definition) is 4. The summed E-state index contributed by atoms with van der Waals surface area (Å²) >= 11 is 0. The van der Waals surface area contributed by atoms with Crippen LogP contribution in [0.3, 0.4) is 0 Å². The summed E-state index contributed by atoms with van der Waals surface area (Å²) in [7, 11) is 2.14. The normalized spacial score (nSPS) is 17.9. The molecule has 0 amide bonds. The average molecular weight is 252 g/mol. The van der Waals surface area contributed by atoms with E-state index in [9.17, 15) is 4.39 Å². The van der Waals surface area contributed by atoms with Crippen molar-refractivity contribution in [2.75, 3.05) is 57.4 Å². The minimum Gasteiger partial charge on any atom is -0.395 e. The second-order valence-corrected chi connectivity index (χ2v) is 4.77. The van der Waals surface area contributed by atoms with Crippen molar-refractivity contribution in [2.45, 2.75) is 0 Å². The minimum atomic E-state index is -0.361. The Morgan fingerprint density at radius 1 is 1.28 bits per heavy atom. The molecule has 1 aromatic rings. The van der Waals surface area contributed by atoms with Crippen LogP contribution in [-0.2, 0) is 0 Å². The van der Waals surface area contributed by atoms with E-state index in [0.717, 1.165) is 39.3 Å². The molecule has 0 atom stereocenters. The van der Waals surface area contributed by atoms with Crippen LogP contribution in [0.2, 0.25) is 0 Å². The number of anilines is 2. The number of halogens is 1. The highest BCUT2D eigenvalue weighted by Gasteiger charge is 2.13. The first-order valence-electron chi connectivity index (χ1n) is 6.35. The summed E-state index contributed by atoms with van der Waals surface area (Å²) in [5.41, 5.74) is 6.55. The van der Waals surface area contributed by atoms with Gasteiger partial charge in [0, 0.05) is 39.3 Å². The van der Waals surface area contributed by atoms with Gasteiger partial charge in [-0.05, 0) is 19.2 Å². The molecule has 0 spiro atoms. The molecule has 0 bridgehead atoms. The van der Waals surface area contributed by atoms with Gasteiger partial charge in [0.25, 0.3) is 0 Å². The topological polar surface area (TPSA) is 44.5 Å². The number of piperazine rings is 1. The summed E-state index contributed by atoms with van der Waals surface area (Å²) in [4.78, 5) is 4.73. The zero-order valence-electron chi connectivity index (χ0n) is 10.8. The maximum Gasteiger partial charge on any atom is 0.148 e. The second kappa shape index (κ2) is 6.02. The van der Waals surface area contributed by atoms with Crippen molar-refractivity contribution < 1.29 is 4.39 Å². The van der Waals surface area contributed by atoms with Gasteiger partial charge < -0.3 is 16.0 Å². The molecule has 1 aliphatic rings. The van der Waals surface area contributed by atoms with Gasteiger partial charge in [-0.25, -0.2) is 4.39 Å². The lowest BCUT2D eigenvalue weighted by Crippen LogP contribution is -2.45. The number of nitrogens with zero attached hydrogens (tertiary/aromatic N) is 2. The van der Waals surface area contributed by atoms with Gasteiger partial charge in [0.1, 0.15) is 5.82 Å². The molecule has 18 heavy (non-hydrogen) atoms. The number of nitrogens with two attached hydrogens (primary N) is 1. The maximum absolute atomic E-state index is 13.2. The van der Waals surface area contributed by atoms with Gasteiger partial charge in [0.2, 0.25) is 0 Å². The molecule has 0 aliphatic carbocycles. The first-order chi connectivity index (χ1) is 8.66. The van der Waals surface area contributed by atoms with E-state index in [0.29, 0.717) is 5.69 Å². The van der Waals surface area contributed by atoms with Crippen molar-refractivity contribution in [1.29, 1.82) is 0 Å². The molecule has 0 aromatic heterocycles. The van der Waals surface area contributed by atoms with Gasteiger partial charge in [-0.2, -0.15) is 0 Å². The first kappa shape index (κ1) is 13.1. The van der Waals surface area contributed by atoms with Gasteiger partial charge in [-0.3, -0.25) is 4.90 Å². The summed E-state index contributed by atoms with van der Waals surface area (Å²) in [6.45, 7) is 6.17. The molecule has 1 aliphatic heterocycles. The first-order valence-corrected chi connectivity index (χ1v) is 6.35. The minimum absolute atomic E-state index is 0.205. The molecule has 100 valence electrons. The fourth-order valence-corrected chi connectivity index (χ4v) is 2.11. The SMILES string of the molecule is CN1CCN(CCNc2cccc(F)c2N)CC1. The molecule has 1 saturated heterocycles. The van der Waals surface area contributed by atoms with Crippen LogP contribution in [0.15, 0.2) is 18.2 Å². The van der Waals surface area contributed by atoms with Crippen LogP contribution < -0.4 is 11.1 Å². The molecule has 0 radical (unpaired) electrons. The largest absolute Gasteiger partial charge is 0.395 e. The van der Waals surface area contributed by atoms with Gasteiger partial charge >= 0.3 is 0 Å². The lowest BCUT2D eigenvalue weighted by Gasteiger charge is -2.32. The number of likely N-dealkylation sites (N-methyl/N-ethyl adjacent to an activating group) is 1. The van der Waals surface area contributed by atoms with E-state index < -0.39 is 0 Å². The van der Waals surface area contributed by atoms with Gasteiger partial charge in [-0.15, -0.1) is 0 Å². The van der Waals surface area contributed by atoms with Crippen molar-refractivity contribution in [3.63, 3.8) is 0 Å². The summed E-state index contributed by atoms with van der Waals surface area (Å²) < 4.78 is 13.2. The Morgan fingerprint density at radius 2 is 2.00 bits per heavy atom. The molecule has 5 heteroatoms. The molecular formula is C13H21FN4. The van der Waals surface area contributed by atoms with Gasteiger partial charge in [0.15, 0.2) is 0 Å². The van der Waals surface area contributed by atoms with Crippen LogP contribution >= 0.6 is 0 Å². The third kappa shape index (κ3) is 3.34. The van der Waals surface area contributed by atoms with Crippen LogP contribution in [0.4, 0.5) is 15.8 Å². The Bertz CT molecular complexity index is 389. The van der Waals surface area contributed by atoms with Crippen molar-refractivity contribution in [2.24, 2.45) is 0 Å². The molecule has 1 fully saturated rings. The smallest absolute Gasteiger partial charge is 0.148 e. The van der Waals surface area contributed by atoms with Gasteiger partial charge in [-0.1, -0.05) is 6.07 Å². The number of nitrogen functional groups attached to an aromatic ring is 1. The molecule has 2 rings (SSSR count). The number of rotatable bonds is 4. The molecular weight excluding hydrogens is 231 g/mol. The predicted octanol–water partition coefficient (Wildman–Crippen LogP) is 1.07. The standard InChI is InChI=1S/C13H21FN4/c1-17-7-9-18(10-8-17)6-5-16-12-4-2-3-11(14)13(12)15/h2-4,16H,5-10,15H2,1H3. The third-order valence-electron chi connectivity index (χ3n) is 3.39. The van der Waals surface area contributed by atoms with E-state index in [-0.39, 0.29) is 11.5 Å². The van der Waals surface area contributed by atoms with Crippen molar-refractivity contribution in [3.05, 3.63) is 24.0 Å². The van der Waals surface area contributed by atoms with E-state index in [1.807, 2.05) is 6.07 Å². The summed E-state index contributed by atoms with van der Waals surface area (Å²) in [6.07, 6.45) is 0. The number of benzene rings is 1. The Hall–Kier alpha value is -1.33. The second-order valence-electron chi connectivity index (χ2n) is 4.77. The molecule has 4 nitrogen and oxygen atoms in total. The van der Waals surface area contributed by atoms with Crippen LogP contribution in [0.25, 0.3) is 0 Å². The summed E-state index contributed by atoms with van der Waals surface area (Å²) in [5, 5.41) is 3.19. The molecule has 3 N–H and O–H groups in total. The highest BCUT2D eigenvalue weighted by Crippen LogP contribution is 2.20. The summed E-state index contributed by atoms with van der Waals surface area (Å²) in [5.74, 6) is -0.361. The monoisotopic (exact) mass is 252 g/mol. The Kier molecular flexibility index (Phi) is 4.38. The number of hydrogen-bond donors (Lipinski definition) is 2. The molecule has 0 saturated carbocycles. The van der Waals surface area contributed by atoms with Crippen molar-refractivity contribution in [1.82, 2.24) is 9.80 Å². The Labute approximate surface area is 108 Å². The zero-order valence-corrected chi connectivity index (χ0v) is 10.8. The van der Waals surface area contributed by atoms with Crippen LogP contribution in [-0.4, -0.2) is 56.1 Å². The lowest BCUT2D eigenvalue weighted by atomic mass is 10.2. The zero-order chi connectivity index (χ0) is 13.0. The number of nitrogens with one attached hydrogen (secondary N) is 1. The highest BCUT2D eigenvalue weighted by molar-refractivity contribution is 5.66. The molecule has 1 aromatic carbocycles. The fraction of sp³-hybridized carbons (Fsp3) is 0.538. The van der Waals surface area contributed by atoms with E-state index in [2.05, 4.69) is 22.2 Å². The third-order valence-corrected chi connectivity index (χ3v) is 3.39. The van der Waals surface area contributed by atoms with E-state index >= 15 is 0 Å². The predicted molar refractivity (Wildman–Crippen MR) is 73.2 cm³/mol. The van der Waals surface area contributed by atoms with E-state index in [1.165, 1.54) is 6.07 Å². The highest BCUT2D eigenvalue weighted by atomic mass is 19.1. The number of para-hydroxylation sites is 1. The fourth-order valence-electron chi connectivity index (χ4n) is 2.11. The Morgan fingerprint density at radius 3 is 2.72 bits per heavy atom. The quantitative estimate of drug-likeness (QED) is 0.787. The molecule has 0 unspecified atom stereocenters. The summed E-state index contributed by atoms with van der Waals surface area (Å²) in [6, 6.07) is 4.85. The van der Waals surface area contributed by atoms with E-state index in [4.69, 9.17) is 5.73 Å². The molecule has 1 heterocycles. The van der Waals surface area contributed by atoms with Crippen LogP contribution in [0, 0.1) is 5.82 Å². The van der Waals surface area contributed by atoms with Crippen LogP contribution in [0.1, 0.15) is 0 Å².